The summed E-state index contributed by atoms with van der Waals surface area (Å²) in [6.07, 6.45) is 3.47. The SMILES string of the molecule is NC(=O)c1cccc(-c2ccc(Cl)cc2)c1NCc1ccncc1. The number of aromatic nitrogens is 1. The molecule has 0 aliphatic heterocycles. The standard InChI is InChI=1S/C19H16ClN3O/c20-15-6-4-14(5-7-15)16-2-1-3-17(19(21)24)18(16)23-12-13-8-10-22-11-9-13/h1-11,23H,12H2,(H2,21,24). The number of para-hydroxylation sites is 1. The molecule has 4 nitrogen and oxygen atoms in total. The summed E-state index contributed by atoms with van der Waals surface area (Å²) in [7, 11) is 0. The normalized spacial score (nSPS) is 10.4. The molecule has 3 aromatic rings. The van der Waals surface area contributed by atoms with Gasteiger partial charge in [0.1, 0.15) is 0 Å². The van der Waals surface area contributed by atoms with Crippen molar-refractivity contribution < 1.29 is 4.79 Å². The number of rotatable bonds is 5. The number of nitrogens with zero attached hydrogens (tertiary/aromatic N) is 1. The molecule has 24 heavy (non-hydrogen) atoms. The third-order valence-electron chi connectivity index (χ3n) is 3.70. The highest BCUT2D eigenvalue weighted by Crippen LogP contribution is 2.32. The molecular weight excluding hydrogens is 322 g/mol. The molecule has 3 rings (SSSR count). The van der Waals surface area contributed by atoms with Gasteiger partial charge in [-0.1, -0.05) is 35.9 Å². The first-order chi connectivity index (χ1) is 11.6. The second-order valence-electron chi connectivity index (χ2n) is 5.31. The Morgan fingerprint density at radius 3 is 2.42 bits per heavy atom. The lowest BCUT2D eigenvalue weighted by atomic mass is 9.99. The van der Waals surface area contributed by atoms with E-state index in [0.717, 1.165) is 16.7 Å². The molecule has 120 valence electrons. The highest BCUT2D eigenvalue weighted by Gasteiger charge is 2.13. The van der Waals surface area contributed by atoms with Crippen molar-refractivity contribution in [2.24, 2.45) is 5.73 Å². The van der Waals surface area contributed by atoms with Crippen molar-refractivity contribution >= 4 is 23.2 Å². The van der Waals surface area contributed by atoms with Crippen LogP contribution in [0.1, 0.15) is 15.9 Å². The molecule has 2 aromatic carbocycles. The van der Waals surface area contributed by atoms with Crippen LogP contribution in [0.2, 0.25) is 5.02 Å². The number of halogens is 1. The number of hydrogen-bond donors (Lipinski definition) is 2. The van der Waals surface area contributed by atoms with Gasteiger partial charge in [-0.3, -0.25) is 9.78 Å². The maximum absolute atomic E-state index is 11.8. The van der Waals surface area contributed by atoms with Crippen molar-refractivity contribution in [2.75, 3.05) is 5.32 Å². The van der Waals surface area contributed by atoms with Gasteiger partial charge in [0.2, 0.25) is 0 Å². The van der Waals surface area contributed by atoms with E-state index in [4.69, 9.17) is 17.3 Å². The third kappa shape index (κ3) is 3.55. The van der Waals surface area contributed by atoms with E-state index in [1.54, 1.807) is 18.5 Å². The molecule has 1 heterocycles. The summed E-state index contributed by atoms with van der Waals surface area (Å²) in [5, 5.41) is 3.99. The van der Waals surface area contributed by atoms with Crippen LogP contribution in [-0.4, -0.2) is 10.9 Å². The zero-order valence-corrected chi connectivity index (χ0v) is 13.6. The lowest BCUT2D eigenvalue weighted by Crippen LogP contribution is -2.15. The van der Waals surface area contributed by atoms with Gasteiger partial charge < -0.3 is 11.1 Å². The number of hydrogen-bond acceptors (Lipinski definition) is 3. The van der Waals surface area contributed by atoms with Crippen LogP contribution in [0.25, 0.3) is 11.1 Å². The molecule has 0 atom stereocenters. The number of primary amides is 1. The van der Waals surface area contributed by atoms with Gasteiger partial charge in [0, 0.05) is 29.5 Å². The van der Waals surface area contributed by atoms with Crippen molar-refractivity contribution in [1.82, 2.24) is 4.98 Å². The molecule has 0 aliphatic rings. The van der Waals surface area contributed by atoms with Gasteiger partial charge in [-0.25, -0.2) is 0 Å². The summed E-state index contributed by atoms with van der Waals surface area (Å²) in [4.78, 5) is 15.8. The Labute approximate surface area is 145 Å². The van der Waals surface area contributed by atoms with Gasteiger partial charge in [-0.2, -0.15) is 0 Å². The molecule has 1 amide bonds. The maximum Gasteiger partial charge on any atom is 0.250 e. The number of nitrogens with one attached hydrogen (secondary N) is 1. The lowest BCUT2D eigenvalue weighted by molar-refractivity contribution is 0.100. The van der Waals surface area contributed by atoms with E-state index in [0.29, 0.717) is 22.8 Å². The predicted molar refractivity (Wildman–Crippen MR) is 97.0 cm³/mol. The summed E-state index contributed by atoms with van der Waals surface area (Å²) < 4.78 is 0. The number of amides is 1. The molecule has 0 bridgehead atoms. The summed E-state index contributed by atoms with van der Waals surface area (Å²) in [6, 6.07) is 16.8. The highest BCUT2D eigenvalue weighted by molar-refractivity contribution is 6.30. The molecule has 0 saturated heterocycles. The molecule has 5 heteroatoms. The first-order valence-corrected chi connectivity index (χ1v) is 7.84. The van der Waals surface area contributed by atoms with E-state index in [1.807, 2.05) is 48.5 Å². The highest BCUT2D eigenvalue weighted by atomic mass is 35.5. The second kappa shape index (κ2) is 7.15. The van der Waals surface area contributed by atoms with Crippen molar-refractivity contribution in [3.05, 3.63) is 83.1 Å². The zero-order chi connectivity index (χ0) is 16.9. The van der Waals surface area contributed by atoms with Gasteiger partial charge in [-0.05, 0) is 41.5 Å². The Morgan fingerprint density at radius 2 is 1.75 bits per heavy atom. The van der Waals surface area contributed by atoms with Crippen molar-refractivity contribution in [1.29, 1.82) is 0 Å². The smallest absolute Gasteiger partial charge is 0.250 e. The Morgan fingerprint density at radius 1 is 1.04 bits per heavy atom. The predicted octanol–water partition coefficient (Wildman–Crippen LogP) is 4.11. The van der Waals surface area contributed by atoms with Crippen molar-refractivity contribution in [2.45, 2.75) is 6.54 Å². The average molecular weight is 338 g/mol. The topological polar surface area (TPSA) is 68.0 Å². The molecule has 0 fully saturated rings. The summed E-state index contributed by atoms with van der Waals surface area (Å²) >= 11 is 5.97. The summed E-state index contributed by atoms with van der Waals surface area (Å²) in [5.74, 6) is -0.469. The molecule has 0 radical (unpaired) electrons. The molecular formula is C19H16ClN3O. The van der Waals surface area contributed by atoms with Crippen LogP contribution in [0.5, 0.6) is 0 Å². The molecule has 0 saturated carbocycles. The van der Waals surface area contributed by atoms with Gasteiger partial charge in [0.15, 0.2) is 0 Å². The van der Waals surface area contributed by atoms with Crippen molar-refractivity contribution in [3.8, 4) is 11.1 Å². The van der Waals surface area contributed by atoms with Crippen LogP contribution in [0, 0.1) is 0 Å². The average Bonchev–Trinajstić information content (AvgIpc) is 2.61. The molecule has 0 spiro atoms. The minimum atomic E-state index is -0.469. The molecule has 0 unspecified atom stereocenters. The van der Waals surface area contributed by atoms with E-state index < -0.39 is 5.91 Å². The summed E-state index contributed by atoms with van der Waals surface area (Å²) in [5.41, 5.74) is 9.63. The zero-order valence-electron chi connectivity index (χ0n) is 12.9. The van der Waals surface area contributed by atoms with Gasteiger partial charge >= 0.3 is 0 Å². The molecule has 3 N–H and O–H groups in total. The fourth-order valence-electron chi connectivity index (χ4n) is 2.51. The number of pyridine rings is 1. The van der Waals surface area contributed by atoms with E-state index >= 15 is 0 Å². The number of carbonyl (C=O) groups excluding carboxylic acids is 1. The van der Waals surface area contributed by atoms with Gasteiger partial charge in [0.25, 0.3) is 5.91 Å². The number of nitrogens with two attached hydrogens (primary N) is 1. The van der Waals surface area contributed by atoms with E-state index in [-0.39, 0.29) is 0 Å². The Hall–Kier alpha value is -2.85. The van der Waals surface area contributed by atoms with Crippen molar-refractivity contribution in [3.63, 3.8) is 0 Å². The fourth-order valence-corrected chi connectivity index (χ4v) is 2.64. The second-order valence-corrected chi connectivity index (χ2v) is 5.74. The maximum atomic E-state index is 11.8. The number of anilines is 1. The van der Waals surface area contributed by atoms with Gasteiger partial charge in [0.05, 0.1) is 11.3 Å². The van der Waals surface area contributed by atoms with Gasteiger partial charge in [-0.15, -0.1) is 0 Å². The monoisotopic (exact) mass is 337 g/mol. The quantitative estimate of drug-likeness (QED) is 0.736. The summed E-state index contributed by atoms with van der Waals surface area (Å²) in [6.45, 7) is 0.563. The third-order valence-corrected chi connectivity index (χ3v) is 3.96. The van der Waals surface area contributed by atoms with E-state index in [9.17, 15) is 4.79 Å². The molecule has 0 aliphatic carbocycles. The van der Waals surface area contributed by atoms with Crippen LogP contribution in [0.15, 0.2) is 67.0 Å². The van der Waals surface area contributed by atoms with Crippen LogP contribution in [0.4, 0.5) is 5.69 Å². The largest absolute Gasteiger partial charge is 0.380 e. The number of benzene rings is 2. The minimum Gasteiger partial charge on any atom is -0.380 e. The first-order valence-electron chi connectivity index (χ1n) is 7.46. The number of carbonyl (C=O) groups is 1. The van der Waals surface area contributed by atoms with Crippen LogP contribution >= 0.6 is 11.6 Å². The van der Waals surface area contributed by atoms with Crippen LogP contribution in [0.3, 0.4) is 0 Å². The minimum absolute atomic E-state index is 0.455. The molecule has 1 aromatic heterocycles. The Bertz CT molecular complexity index is 848. The Balaban J connectivity index is 2.00. The van der Waals surface area contributed by atoms with E-state index in [2.05, 4.69) is 10.3 Å². The van der Waals surface area contributed by atoms with Crippen LogP contribution in [-0.2, 0) is 6.54 Å². The Kier molecular flexibility index (Phi) is 4.77. The lowest BCUT2D eigenvalue weighted by Gasteiger charge is -2.16. The fraction of sp³-hybridized carbons (Fsp3) is 0.0526. The first kappa shape index (κ1) is 16.0. The van der Waals surface area contributed by atoms with Crippen LogP contribution < -0.4 is 11.1 Å². The van der Waals surface area contributed by atoms with E-state index in [1.165, 1.54) is 0 Å².